The van der Waals surface area contributed by atoms with Crippen LogP contribution in [0, 0.1) is 0 Å². The van der Waals surface area contributed by atoms with Crippen LogP contribution in [0.4, 0.5) is 0 Å². The SMILES string of the molecule is CC(C)(C)OC(=O)c1ccccc1-c1nc2ccccc2c(=O)[nH]1. The predicted octanol–water partition coefficient (Wildman–Crippen LogP) is 3.55. The maximum atomic E-state index is 12.5. The van der Waals surface area contributed by atoms with Crippen molar-refractivity contribution in [2.45, 2.75) is 26.4 Å². The summed E-state index contributed by atoms with van der Waals surface area (Å²) in [6.07, 6.45) is 0. The molecule has 5 heteroatoms. The van der Waals surface area contributed by atoms with Crippen LogP contribution < -0.4 is 5.56 Å². The van der Waals surface area contributed by atoms with Gasteiger partial charge < -0.3 is 9.72 Å². The molecule has 0 radical (unpaired) electrons. The summed E-state index contributed by atoms with van der Waals surface area (Å²) >= 11 is 0. The number of carbonyl (C=O) groups excluding carboxylic acids is 1. The van der Waals surface area contributed by atoms with Crippen LogP contribution in [0.5, 0.6) is 0 Å². The number of benzene rings is 2. The summed E-state index contributed by atoms with van der Waals surface area (Å²) in [6, 6.07) is 14.0. The lowest BCUT2D eigenvalue weighted by molar-refractivity contribution is 0.00704. The molecule has 0 bridgehead atoms. The lowest BCUT2D eigenvalue weighted by Crippen LogP contribution is -2.24. The zero-order valence-corrected chi connectivity index (χ0v) is 13.8. The molecular formula is C19H18N2O3. The quantitative estimate of drug-likeness (QED) is 0.732. The van der Waals surface area contributed by atoms with E-state index in [2.05, 4.69) is 9.97 Å². The van der Waals surface area contributed by atoms with Crippen LogP contribution >= 0.6 is 0 Å². The minimum atomic E-state index is -0.603. The molecule has 0 aliphatic carbocycles. The van der Waals surface area contributed by atoms with E-state index in [9.17, 15) is 9.59 Å². The second-order valence-corrected chi connectivity index (χ2v) is 6.48. The van der Waals surface area contributed by atoms with Crippen molar-refractivity contribution in [2.24, 2.45) is 0 Å². The van der Waals surface area contributed by atoms with Crippen LogP contribution in [0.15, 0.2) is 53.3 Å². The first kappa shape index (κ1) is 15.9. The molecule has 5 nitrogen and oxygen atoms in total. The highest BCUT2D eigenvalue weighted by Crippen LogP contribution is 2.23. The zero-order valence-electron chi connectivity index (χ0n) is 13.8. The molecule has 3 aromatic rings. The molecule has 2 aromatic carbocycles. The van der Waals surface area contributed by atoms with Gasteiger partial charge in [0.2, 0.25) is 0 Å². The standard InChI is InChI=1S/C19H18N2O3/c1-19(2,3)24-18(23)13-9-5-4-8-12(13)16-20-15-11-7-6-10-14(15)17(22)21-16/h4-11H,1-3H3,(H,20,21,22). The molecular weight excluding hydrogens is 304 g/mol. The summed E-state index contributed by atoms with van der Waals surface area (Å²) in [6.45, 7) is 5.43. The molecule has 0 saturated heterocycles. The maximum absolute atomic E-state index is 12.5. The predicted molar refractivity (Wildman–Crippen MR) is 93.0 cm³/mol. The fourth-order valence-electron chi connectivity index (χ4n) is 2.41. The van der Waals surface area contributed by atoms with Crippen molar-refractivity contribution in [2.75, 3.05) is 0 Å². The summed E-state index contributed by atoms with van der Waals surface area (Å²) in [5.41, 5.74) is 0.638. The number of aromatic nitrogens is 2. The van der Waals surface area contributed by atoms with Crippen LogP contribution in [-0.2, 0) is 4.74 Å². The van der Waals surface area contributed by atoms with Gasteiger partial charge in [-0.1, -0.05) is 30.3 Å². The minimum Gasteiger partial charge on any atom is -0.456 e. The zero-order chi connectivity index (χ0) is 17.3. The van der Waals surface area contributed by atoms with Gasteiger partial charge in [-0.2, -0.15) is 0 Å². The first-order chi connectivity index (χ1) is 11.3. The van der Waals surface area contributed by atoms with Crippen molar-refractivity contribution in [3.8, 4) is 11.4 Å². The number of esters is 1. The molecule has 0 unspecified atom stereocenters. The number of H-pyrrole nitrogens is 1. The molecule has 3 rings (SSSR count). The average molecular weight is 322 g/mol. The first-order valence-electron chi connectivity index (χ1n) is 7.67. The van der Waals surface area contributed by atoms with Crippen molar-refractivity contribution in [1.82, 2.24) is 9.97 Å². The fourth-order valence-corrected chi connectivity index (χ4v) is 2.41. The first-order valence-corrected chi connectivity index (χ1v) is 7.67. The second-order valence-electron chi connectivity index (χ2n) is 6.48. The Balaban J connectivity index is 2.14. The number of nitrogens with one attached hydrogen (secondary N) is 1. The number of carbonyl (C=O) groups is 1. The van der Waals surface area contributed by atoms with Gasteiger partial charge in [0.05, 0.1) is 16.5 Å². The Morgan fingerprint density at radius 2 is 1.71 bits per heavy atom. The number of para-hydroxylation sites is 1. The van der Waals surface area contributed by atoms with Crippen molar-refractivity contribution in [3.63, 3.8) is 0 Å². The molecule has 1 N–H and O–H groups in total. The Bertz CT molecular complexity index is 968. The molecule has 0 atom stereocenters. The Morgan fingerprint density at radius 1 is 1.04 bits per heavy atom. The lowest BCUT2D eigenvalue weighted by Gasteiger charge is -2.20. The van der Waals surface area contributed by atoms with Gasteiger partial charge in [0.15, 0.2) is 0 Å². The van der Waals surface area contributed by atoms with Crippen LogP contribution in [-0.4, -0.2) is 21.5 Å². The van der Waals surface area contributed by atoms with Crippen molar-refractivity contribution < 1.29 is 9.53 Å². The number of fused-ring (bicyclic) bond motifs is 1. The highest BCUT2D eigenvalue weighted by Gasteiger charge is 2.21. The topological polar surface area (TPSA) is 72.0 Å². The van der Waals surface area contributed by atoms with E-state index >= 15 is 0 Å². The molecule has 0 amide bonds. The average Bonchev–Trinajstić information content (AvgIpc) is 2.53. The molecule has 1 heterocycles. The van der Waals surface area contributed by atoms with Crippen LogP contribution in [0.3, 0.4) is 0 Å². The molecule has 0 saturated carbocycles. The van der Waals surface area contributed by atoms with Crippen molar-refractivity contribution in [3.05, 3.63) is 64.4 Å². The van der Waals surface area contributed by atoms with E-state index in [1.54, 1.807) is 42.5 Å². The van der Waals surface area contributed by atoms with Gasteiger partial charge in [0.1, 0.15) is 11.4 Å². The van der Waals surface area contributed by atoms with E-state index in [0.29, 0.717) is 27.9 Å². The number of nitrogens with zero attached hydrogens (tertiary/aromatic N) is 1. The molecule has 24 heavy (non-hydrogen) atoms. The fraction of sp³-hybridized carbons (Fsp3) is 0.211. The van der Waals surface area contributed by atoms with Gasteiger partial charge in [-0.25, -0.2) is 9.78 Å². The summed E-state index contributed by atoms with van der Waals surface area (Å²) in [5, 5.41) is 0.510. The normalized spacial score (nSPS) is 11.5. The number of hydrogen-bond donors (Lipinski definition) is 1. The largest absolute Gasteiger partial charge is 0.456 e. The lowest BCUT2D eigenvalue weighted by atomic mass is 10.1. The van der Waals surface area contributed by atoms with E-state index in [1.165, 1.54) is 0 Å². The van der Waals surface area contributed by atoms with E-state index in [1.807, 2.05) is 26.8 Å². The highest BCUT2D eigenvalue weighted by atomic mass is 16.6. The summed E-state index contributed by atoms with van der Waals surface area (Å²) in [5.74, 6) is -0.103. The third-order valence-corrected chi connectivity index (χ3v) is 3.41. The Morgan fingerprint density at radius 3 is 2.46 bits per heavy atom. The number of hydrogen-bond acceptors (Lipinski definition) is 4. The van der Waals surface area contributed by atoms with Crippen LogP contribution in [0.25, 0.3) is 22.3 Å². The Labute approximate surface area is 139 Å². The monoisotopic (exact) mass is 322 g/mol. The Hall–Kier alpha value is -2.95. The molecule has 1 aromatic heterocycles. The number of aromatic amines is 1. The van der Waals surface area contributed by atoms with Crippen molar-refractivity contribution >= 4 is 16.9 Å². The summed E-state index contributed by atoms with van der Waals surface area (Å²) in [7, 11) is 0. The highest BCUT2D eigenvalue weighted by molar-refractivity contribution is 5.97. The van der Waals surface area contributed by atoms with E-state index in [-0.39, 0.29) is 5.56 Å². The van der Waals surface area contributed by atoms with Gasteiger partial charge >= 0.3 is 5.97 Å². The molecule has 0 aliphatic heterocycles. The molecule has 0 spiro atoms. The summed E-state index contributed by atoms with van der Waals surface area (Å²) in [4.78, 5) is 32.0. The Kier molecular flexibility index (Phi) is 3.93. The van der Waals surface area contributed by atoms with E-state index in [4.69, 9.17) is 4.74 Å². The minimum absolute atomic E-state index is 0.241. The molecule has 122 valence electrons. The third kappa shape index (κ3) is 3.20. The van der Waals surface area contributed by atoms with Crippen LogP contribution in [0.2, 0.25) is 0 Å². The van der Waals surface area contributed by atoms with Gasteiger partial charge in [-0.15, -0.1) is 0 Å². The van der Waals surface area contributed by atoms with E-state index in [0.717, 1.165) is 0 Å². The number of ether oxygens (including phenoxy) is 1. The smallest absolute Gasteiger partial charge is 0.339 e. The van der Waals surface area contributed by atoms with Crippen molar-refractivity contribution in [1.29, 1.82) is 0 Å². The second kappa shape index (κ2) is 5.92. The van der Waals surface area contributed by atoms with Gasteiger partial charge in [0, 0.05) is 5.56 Å². The van der Waals surface area contributed by atoms with E-state index < -0.39 is 11.6 Å². The molecule has 0 fully saturated rings. The van der Waals surface area contributed by atoms with Crippen LogP contribution in [0.1, 0.15) is 31.1 Å². The van der Waals surface area contributed by atoms with Gasteiger partial charge in [0.25, 0.3) is 5.56 Å². The third-order valence-electron chi connectivity index (χ3n) is 3.41. The number of rotatable bonds is 2. The van der Waals surface area contributed by atoms with Gasteiger partial charge in [-0.05, 0) is 39.0 Å². The van der Waals surface area contributed by atoms with Gasteiger partial charge in [-0.3, -0.25) is 4.79 Å². The summed E-state index contributed by atoms with van der Waals surface area (Å²) < 4.78 is 5.44. The maximum Gasteiger partial charge on any atom is 0.339 e. The molecule has 0 aliphatic rings.